The summed E-state index contributed by atoms with van der Waals surface area (Å²) in [5.41, 5.74) is -1.71. The van der Waals surface area contributed by atoms with Crippen LogP contribution in [-0.2, 0) is 11.3 Å². The molecule has 0 saturated carbocycles. The minimum absolute atomic E-state index is 0.271. The van der Waals surface area contributed by atoms with Crippen LogP contribution in [0.25, 0.3) is 0 Å². The van der Waals surface area contributed by atoms with Crippen LogP contribution < -0.4 is 10.1 Å². The molecule has 1 rings (SSSR count). The first kappa shape index (κ1) is 16.3. The summed E-state index contributed by atoms with van der Waals surface area (Å²) in [6.45, 7) is 2.11. The fourth-order valence-corrected chi connectivity index (χ4v) is 1.61. The van der Waals surface area contributed by atoms with Crippen molar-refractivity contribution in [3.63, 3.8) is 0 Å². The number of ether oxygens (including phenoxy) is 1. The quantitative estimate of drug-likeness (QED) is 0.875. The third kappa shape index (κ3) is 3.22. The number of benzene rings is 1. The van der Waals surface area contributed by atoms with Crippen LogP contribution in [0.4, 0.5) is 13.2 Å². The van der Waals surface area contributed by atoms with Crippen LogP contribution in [0.1, 0.15) is 18.1 Å². The van der Waals surface area contributed by atoms with Gasteiger partial charge in [0.05, 0.1) is 7.11 Å². The van der Waals surface area contributed by atoms with Crippen LogP contribution in [0.5, 0.6) is 5.75 Å². The van der Waals surface area contributed by atoms with E-state index in [1.54, 1.807) is 25.1 Å². The van der Waals surface area contributed by atoms with E-state index < -0.39 is 17.7 Å². The Morgan fingerprint density at radius 1 is 1.40 bits per heavy atom. The third-order valence-corrected chi connectivity index (χ3v) is 3.06. The number of halogens is 3. The maximum atomic E-state index is 12.8. The number of rotatable bonds is 5. The molecule has 112 valence electrons. The summed E-state index contributed by atoms with van der Waals surface area (Å²) in [5.74, 6) is -1.57. The number of carbonyl (C=O) groups is 1. The van der Waals surface area contributed by atoms with E-state index in [0.29, 0.717) is 18.2 Å². The van der Waals surface area contributed by atoms with Gasteiger partial charge in [-0.05, 0) is 19.9 Å². The highest BCUT2D eigenvalue weighted by Crippen LogP contribution is 2.31. The highest BCUT2D eigenvalue weighted by Gasteiger charge is 2.57. The van der Waals surface area contributed by atoms with Gasteiger partial charge in [-0.15, -0.1) is 0 Å². The number of hydrogen-bond donors (Lipinski definition) is 2. The topological polar surface area (TPSA) is 58.6 Å². The van der Waals surface area contributed by atoms with E-state index >= 15 is 0 Å². The van der Waals surface area contributed by atoms with Gasteiger partial charge in [-0.25, -0.2) is 4.79 Å². The van der Waals surface area contributed by atoms with Gasteiger partial charge < -0.3 is 9.84 Å². The Morgan fingerprint density at radius 3 is 2.45 bits per heavy atom. The summed E-state index contributed by atoms with van der Waals surface area (Å²) < 4.78 is 43.6. The number of aryl methyl sites for hydroxylation is 1. The van der Waals surface area contributed by atoms with Crippen molar-refractivity contribution in [2.75, 3.05) is 7.11 Å². The van der Waals surface area contributed by atoms with Crippen LogP contribution >= 0.6 is 0 Å². The molecule has 0 saturated heterocycles. The third-order valence-electron chi connectivity index (χ3n) is 3.06. The van der Waals surface area contributed by atoms with Crippen molar-refractivity contribution < 1.29 is 27.8 Å². The number of carboxylic acids is 1. The lowest BCUT2D eigenvalue weighted by Gasteiger charge is -2.29. The standard InChI is InChI=1S/C13H16F3NO3/c1-8-4-5-10(20-3)9(6-8)7-17-12(2,11(18)19)13(14,15)16/h4-6,17H,7H2,1-3H3,(H,18,19). The van der Waals surface area contributed by atoms with E-state index in [-0.39, 0.29) is 6.54 Å². The fourth-order valence-electron chi connectivity index (χ4n) is 1.61. The number of alkyl halides is 3. The fraction of sp³-hybridized carbons (Fsp3) is 0.462. The predicted molar refractivity (Wildman–Crippen MR) is 66.7 cm³/mol. The van der Waals surface area contributed by atoms with Crippen molar-refractivity contribution >= 4 is 5.97 Å². The molecule has 1 atom stereocenters. The molecule has 2 N–H and O–H groups in total. The highest BCUT2D eigenvalue weighted by atomic mass is 19.4. The second-order valence-corrected chi connectivity index (χ2v) is 4.60. The second-order valence-electron chi connectivity index (χ2n) is 4.60. The summed E-state index contributed by atoms with van der Waals surface area (Å²) in [6.07, 6.45) is -4.91. The van der Waals surface area contributed by atoms with Crippen molar-refractivity contribution in [2.24, 2.45) is 0 Å². The van der Waals surface area contributed by atoms with Gasteiger partial charge in [0.2, 0.25) is 5.54 Å². The molecule has 0 bridgehead atoms. The summed E-state index contributed by atoms with van der Waals surface area (Å²) in [7, 11) is 1.40. The minimum atomic E-state index is -4.91. The van der Waals surface area contributed by atoms with Crippen LogP contribution in [-0.4, -0.2) is 29.9 Å². The molecular formula is C13H16F3NO3. The van der Waals surface area contributed by atoms with Gasteiger partial charge in [-0.2, -0.15) is 13.2 Å². The SMILES string of the molecule is COc1ccc(C)cc1CNC(C)(C(=O)O)C(F)(F)F. The van der Waals surface area contributed by atoms with Crippen LogP contribution in [0.2, 0.25) is 0 Å². The van der Waals surface area contributed by atoms with Gasteiger partial charge in [0.25, 0.3) is 0 Å². The second kappa shape index (κ2) is 5.70. The zero-order chi connectivity index (χ0) is 15.6. The molecule has 1 unspecified atom stereocenters. The van der Waals surface area contributed by atoms with Gasteiger partial charge in [0.1, 0.15) is 5.75 Å². The number of nitrogens with one attached hydrogen (secondary N) is 1. The Morgan fingerprint density at radius 2 is 2.00 bits per heavy atom. The molecule has 0 spiro atoms. The van der Waals surface area contributed by atoms with E-state index in [2.05, 4.69) is 0 Å². The maximum absolute atomic E-state index is 12.8. The summed E-state index contributed by atoms with van der Waals surface area (Å²) >= 11 is 0. The Balaban J connectivity index is 3.00. The molecule has 0 aromatic heterocycles. The zero-order valence-corrected chi connectivity index (χ0v) is 11.3. The minimum Gasteiger partial charge on any atom is -0.496 e. The van der Waals surface area contributed by atoms with Gasteiger partial charge in [0.15, 0.2) is 0 Å². The molecule has 0 fully saturated rings. The molecule has 0 aliphatic carbocycles. The zero-order valence-electron chi connectivity index (χ0n) is 11.3. The Labute approximate surface area is 114 Å². The molecule has 1 aromatic carbocycles. The first-order valence-electron chi connectivity index (χ1n) is 5.80. The van der Waals surface area contributed by atoms with Gasteiger partial charge in [0, 0.05) is 12.1 Å². The van der Waals surface area contributed by atoms with Gasteiger partial charge in [-0.1, -0.05) is 17.7 Å². The van der Waals surface area contributed by atoms with Crippen molar-refractivity contribution in [3.05, 3.63) is 29.3 Å². The summed E-state index contributed by atoms with van der Waals surface area (Å²) in [4.78, 5) is 10.9. The van der Waals surface area contributed by atoms with E-state index in [9.17, 15) is 18.0 Å². The molecule has 1 aromatic rings. The van der Waals surface area contributed by atoms with Crippen molar-refractivity contribution in [1.29, 1.82) is 0 Å². The predicted octanol–water partition coefficient (Wildman–Crippen LogP) is 2.50. The summed E-state index contributed by atoms with van der Waals surface area (Å²) in [5, 5.41) is 10.9. The molecule has 4 nitrogen and oxygen atoms in total. The highest BCUT2D eigenvalue weighted by molar-refractivity contribution is 5.79. The average molecular weight is 291 g/mol. The smallest absolute Gasteiger partial charge is 0.417 e. The Kier molecular flexibility index (Phi) is 4.65. The number of aliphatic carboxylic acids is 1. The Bertz CT molecular complexity index is 502. The van der Waals surface area contributed by atoms with Gasteiger partial charge >= 0.3 is 12.1 Å². The van der Waals surface area contributed by atoms with Crippen molar-refractivity contribution in [1.82, 2.24) is 5.32 Å². The lowest BCUT2D eigenvalue weighted by Crippen LogP contribution is -2.59. The number of carboxylic acid groups (broad SMARTS) is 1. The lowest BCUT2D eigenvalue weighted by molar-refractivity contribution is -0.206. The molecule has 0 aliphatic rings. The first-order valence-corrected chi connectivity index (χ1v) is 5.80. The summed E-state index contributed by atoms with van der Waals surface area (Å²) in [6, 6.07) is 5.02. The first-order chi connectivity index (χ1) is 9.11. The van der Waals surface area contributed by atoms with Crippen LogP contribution in [0.3, 0.4) is 0 Å². The molecule has 20 heavy (non-hydrogen) atoms. The molecular weight excluding hydrogens is 275 g/mol. The Hall–Kier alpha value is -1.76. The van der Waals surface area contributed by atoms with E-state index in [4.69, 9.17) is 9.84 Å². The van der Waals surface area contributed by atoms with E-state index in [1.807, 2.05) is 5.32 Å². The molecule has 0 amide bonds. The van der Waals surface area contributed by atoms with Gasteiger partial charge in [-0.3, -0.25) is 5.32 Å². The monoisotopic (exact) mass is 291 g/mol. The maximum Gasteiger partial charge on any atom is 0.417 e. The van der Waals surface area contributed by atoms with Crippen LogP contribution in [0, 0.1) is 6.92 Å². The average Bonchev–Trinajstić information content (AvgIpc) is 2.34. The largest absolute Gasteiger partial charge is 0.496 e. The lowest BCUT2D eigenvalue weighted by atomic mass is 10.0. The van der Waals surface area contributed by atoms with Crippen LogP contribution in [0.15, 0.2) is 18.2 Å². The normalized spacial score (nSPS) is 14.7. The van der Waals surface area contributed by atoms with Crippen molar-refractivity contribution in [2.45, 2.75) is 32.1 Å². The molecule has 0 radical (unpaired) electrons. The van der Waals surface area contributed by atoms with E-state index in [0.717, 1.165) is 5.56 Å². The molecule has 0 aliphatic heterocycles. The molecule has 7 heteroatoms. The van der Waals surface area contributed by atoms with E-state index in [1.165, 1.54) is 7.11 Å². The number of methoxy groups -OCH3 is 1. The van der Waals surface area contributed by atoms with Crippen molar-refractivity contribution in [3.8, 4) is 5.75 Å². The number of hydrogen-bond acceptors (Lipinski definition) is 3. The molecule has 0 heterocycles.